The first kappa shape index (κ1) is 12.9. The van der Waals surface area contributed by atoms with Gasteiger partial charge in [0.2, 0.25) is 0 Å². The molecule has 2 aromatic rings. The number of nitrogens with two attached hydrogens (primary N) is 1. The normalized spacial score (nSPS) is 10.2. The number of pyridine rings is 1. The highest BCUT2D eigenvalue weighted by Gasteiger charge is 2.11. The fraction of sp³-hybridized carbons (Fsp3) is 0.250. The Morgan fingerprint density at radius 2 is 2.42 bits per heavy atom. The number of esters is 1. The molecule has 2 rings (SSSR count). The molecule has 0 atom stereocenters. The Morgan fingerprint density at radius 3 is 3.11 bits per heavy atom. The van der Waals surface area contributed by atoms with Gasteiger partial charge in [-0.2, -0.15) is 5.10 Å². The van der Waals surface area contributed by atoms with Gasteiger partial charge in [0, 0.05) is 18.9 Å². The standard InChI is InChI=1S/C12H15N5O2/c1-19-12(18)9-7-11(15-8-10(9)13)14-4-6-17-5-2-3-16-17/h2-3,5,7-8H,4,6,13H2,1H3,(H,14,15). The van der Waals surface area contributed by atoms with E-state index in [1.54, 1.807) is 16.9 Å². The van der Waals surface area contributed by atoms with Gasteiger partial charge in [-0.1, -0.05) is 0 Å². The molecule has 0 unspecified atom stereocenters. The highest BCUT2D eigenvalue weighted by molar-refractivity contribution is 5.95. The maximum atomic E-state index is 11.5. The molecule has 0 aliphatic rings. The van der Waals surface area contributed by atoms with Gasteiger partial charge in [0.1, 0.15) is 5.82 Å². The van der Waals surface area contributed by atoms with Crippen LogP contribution in [0.5, 0.6) is 0 Å². The second-order valence-corrected chi connectivity index (χ2v) is 3.84. The summed E-state index contributed by atoms with van der Waals surface area (Å²) in [6, 6.07) is 3.43. The third-order valence-electron chi connectivity index (χ3n) is 2.55. The van der Waals surface area contributed by atoms with Crippen molar-refractivity contribution < 1.29 is 9.53 Å². The number of hydrogen-bond donors (Lipinski definition) is 2. The number of aromatic nitrogens is 3. The van der Waals surface area contributed by atoms with Crippen molar-refractivity contribution in [2.45, 2.75) is 6.54 Å². The van der Waals surface area contributed by atoms with Crippen molar-refractivity contribution in [2.75, 3.05) is 24.7 Å². The molecule has 100 valence electrons. The fourth-order valence-corrected chi connectivity index (χ4v) is 1.58. The Kier molecular flexibility index (Phi) is 3.97. The summed E-state index contributed by atoms with van der Waals surface area (Å²) in [6.07, 6.45) is 5.03. The Balaban J connectivity index is 1.99. The molecule has 0 amide bonds. The van der Waals surface area contributed by atoms with Crippen LogP contribution in [0.1, 0.15) is 10.4 Å². The van der Waals surface area contributed by atoms with E-state index in [0.717, 1.165) is 0 Å². The molecular weight excluding hydrogens is 246 g/mol. The fourth-order valence-electron chi connectivity index (χ4n) is 1.58. The molecule has 0 aromatic carbocycles. The zero-order valence-corrected chi connectivity index (χ0v) is 10.5. The Hall–Kier alpha value is -2.57. The number of ether oxygens (including phenoxy) is 1. The summed E-state index contributed by atoms with van der Waals surface area (Å²) >= 11 is 0. The van der Waals surface area contributed by atoms with E-state index in [0.29, 0.717) is 30.2 Å². The third-order valence-corrected chi connectivity index (χ3v) is 2.55. The third kappa shape index (κ3) is 3.21. The van der Waals surface area contributed by atoms with Gasteiger partial charge in [-0.25, -0.2) is 9.78 Å². The van der Waals surface area contributed by atoms with Crippen molar-refractivity contribution in [3.8, 4) is 0 Å². The number of rotatable bonds is 5. The van der Waals surface area contributed by atoms with Crippen molar-refractivity contribution in [1.29, 1.82) is 0 Å². The van der Waals surface area contributed by atoms with E-state index in [9.17, 15) is 4.79 Å². The largest absolute Gasteiger partial charge is 0.465 e. The lowest BCUT2D eigenvalue weighted by molar-refractivity contribution is 0.0602. The van der Waals surface area contributed by atoms with Crippen molar-refractivity contribution in [3.05, 3.63) is 36.3 Å². The Bertz CT molecular complexity index is 553. The summed E-state index contributed by atoms with van der Waals surface area (Å²) in [7, 11) is 1.31. The summed E-state index contributed by atoms with van der Waals surface area (Å²) in [4.78, 5) is 15.6. The first-order valence-electron chi connectivity index (χ1n) is 5.76. The number of methoxy groups -OCH3 is 1. The van der Waals surface area contributed by atoms with Crippen LogP contribution in [-0.4, -0.2) is 34.4 Å². The summed E-state index contributed by atoms with van der Waals surface area (Å²) in [5.74, 6) is 0.0942. The average molecular weight is 261 g/mol. The van der Waals surface area contributed by atoms with Crippen LogP contribution < -0.4 is 11.1 Å². The second kappa shape index (κ2) is 5.85. The molecule has 0 bridgehead atoms. The van der Waals surface area contributed by atoms with Crippen molar-refractivity contribution in [2.24, 2.45) is 0 Å². The number of hydrogen-bond acceptors (Lipinski definition) is 6. The quantitative estimate of drug-likeness (QED) is 0.771. The van der Waals surface area contributed by atoms with E-state index in [1.165, 1.54) is 13.3 Å². The predicted molar refractivity (Wildman–Crippen MR) is 70.7 cm³/mol. The molecule has 0 aliphatic heterocycles. The van der Waals surface area contributed by atoms with Crippen LogP contribution in [0, 0.1) is 0 Å². The van der Waals surface area contributed by atoms with Crippen LogP contribution in [0.4, 0.5) is 11.5 Å². The monoisotopic (exact) mass is 261 g/mol. The van der Waals surface area contributed by atoms with E-state index < -0.39 is 5.97 Å². The first-order chi connectivity index (χ1) is 9.20. The van der Waals surface area contributed by atoms with Crippen LogP contribution in [0.25, 0.3) is 0 Å². The maximum Gasteiger partial charge on any atom is 0.340 e. The van der Waals surface area contributed by atoms with Crippen LogP contribution >= 0.6 is 0 Å². The molecule has 2 heterocycles. The minimum Gasteiger partial charge on any atom is -0.465 e. The number of anilines is 2. The number of carbonyl (C=O) groups is 1. The topological polar surface area (TPSA) is 95.1 Å². The lowest BCUT2D eigenvalue weighted by Crippen LogP contribution is -2.13. The minimum atomic E-state index is -0.477. The zero-order valence-electron chi connectivity index (χ0n) is 10.5. The summed E-state index contributed by atoms with van der Waals surface area (Å²) in [5, 5.41) is 7.18. The SMILES string of the molecule is COC(=O)c1cc(NCCn2cccn2)ncc1N. The van der Waals surface area contributed by atoms with Gasteiger partial charge in [0.15, 0.2) is 0 Å². The van der Waals surface area contributed by atoms with Crippen molar-refractivity contribution in [1.82, 2.24) is 14.8 Å². The van der Waals surface area contributed by atoms with Gasteiger partial charge in [-0.3, -0.25) is 4.68 Å². The second-order valence-electron chi connectivity index (χ2n) is 3.84. The number of carbonyl (C=O) groups excluding carboxylic acids is 1. The van der Waals surface area contributed by atoms with Crippen molar-refractivity contribution >= 4 is 17.5 Å². The van der Waals surface area contributed by atoms with Gasteiger partial charge >= 0.3 is 5.97 Å². The molecule has 0 saturated heterocycles. The van der Waals surface area contributed by atoms with Crippen LogP contribution in [0.3, 0.4) is 0 Å². The van der Waals surface area contributed by atoms with E-state index in [-0.39, 0.29) is 0 Å². The molecule has 19 heavy (non-hydrogen) atoms. The highest BCUT2D eigenvalue weighted by Crippen LogP contribution is 2.15. The van der Waals surface area contributed by atoms with Crippen LogP contribution in [-0.2, 0) is 11.3 Å². The molecule has 0 spiro atoms. The van der Waals surface area contributed by atoms with E-state index in [1.807, 2.05) is 12.3 Å². The molecule has 0 saturated carbocycles. The van der Waals surface area contributed by atoms with Gasteiger partial charge in [-0.15, -0.1) is 0 Å². The van der Waals surface area contributed by atoms with E-state index >= 15 is 0 Å². The van der Waals surface area contributed by atoms with Gasteiger partial charge in [0.05, 0.1) is 31.1 Å². The average Bonchev–Trinajstić information content (AvgIpc) is 2.93. The molecule has 7 nitrogen and oxygen atoms in total. The van der Waals surface area contributed by atoms with E-state index in [4.69, 9.17) is 5.73 Å². The lowest BCUT2D eigenvalue weighted by atomic mass is 10.2. The summed E-state index contributed by atoms with van der Waals surface area (Å²) < 4.78 is 6.44. The maximum absolute atomic E-state index is 11.5. The number of nitrogen functional groups attached to an aromatic ring is 1. The zero-order chi connectivity index (χ0) is 13.7. The smallest absolute Gasteiger partial charge is 0.340 e. The first-order valence-corrected chi connectivity index (χ1v) is 5.76. The predicted octanol–water partition coefficient (Wildman–Crippen LogP) is 0.759. The molecule has 0 fully saturated rings. The summed E-state index contributed by atoms with van der Waals surface area (Å²) in [6.45, 7) is 1.34. The lowest BCUT2D eigenvalue weighted by Gasteiger charge is -2.08. The summed E-state index contributed by atoms with van der Waals surface area (Å²) in [5.41, 5.74) is 6.27. The molecule has 0 radical (unpaired) electrons. The molecule has 7 heteroatoms. The molecule has 0 aliphatic carbocycles. The number of nitrogens with zero attached hydrogens (tertiary/aromatic N) is 3. The highest BCUT2D eigenvalue weighted by atomic mass is 16.5. The molecular formula is C12H15N5O2. The van der Waals surface area contributed by atoms with Gasteiger partial charge < -0.3 is 15.8 Å². The number of nitrogens with one attached hydrogen (secondary N) is 1. The van der Waals surface area contributed by atoms with Crippen molar-refractivity contribution in [3.63, 3.8) is 0 Å². The Labute approximate surface area is 110 Å². The molecule has 3 N–H and O–H groups in total. The van der Waals surface area contributed by atoms with Crippen LogP contribution in [0.2, 0.25) is 0 Å². The van der Waals surface area contributed by atoms with Gasteiger partial charge in [0.25, 0.3) is 0 Å². The minimum absolute atomic E-state index is 0.296. The Morgan fingerprint density at radius 1 is 1.58 bits per heavy atom. The van der Waals surface area contributed by atoms with E-state index in [2.05, 4.69) is 20.1 Å². The van der Waals surface area contributed by atoms with Crippen LogP contribution in [0.15, 0.2) is 30.7 Å². The molecule has 2 aromatic heterocycles. The van der Waals surface area contributed by atoms with Gasteiger partial charge in [-0.05, 0) is 12.1 Å².